The second-order valence-corrected chi connectivity index (χ2v) is 11.8. The van der Waals surface area contributed by atoms with Gasteiger partial charge in [-0.3, -0.25) is 9.59 Å². The quantitative estimate of drug-likeness (QED) is 0.297. The molecule has 42 heavy (non-hydrogen) atoms. The third-order valence-electron chi connectivity index (χ3n) is 9.14. The average Bonchev–Trinajstić information content (AvgIpc) is 3.55. The minimum Gasteiger partial charge on any atom is -0.469 e. The fourth-order valence-electron chi connectivity index (χ4n) is 6.68. The molecule has 2 fully saturated rings. The van der Waals surface area contributed by atoms with E-state index >= 15 is 4.39 Å². The molecule has 3 aliphatic rings. The number of nitrogens with zero attached hydrogens (tertiary/aromatic N) is 5. The Morgan fingerprint density at radius 3 is 2.62 bits per heavy atom. The fourth-order valence-corrected chi connectivity index (χ4v) is 6.68. The van der Waals surface area contributed by atoms with Crippen molar-refractivity contribution in [3.05, 3.63) is 82.4 Å². The fraction of sp³-hybridized carbons (Fsp3) is 0.394. The Bertz CT molecular complexity index is 1710. The second-order valence-electron chi connectivity index (χ2n) is 11.8. The molecule has 0 bridgehead atoms. The van der Waals surface area contributed by atoms with E-state index in [2.05, 4.69) is 19.1 Å². The summed E-state index contributed by atoms with van der Waals surface area (Å²) in [5.41, 5.74) is 6.76. The first-order valence-corrected chi connectivity index (χ1v) is 14.7. The van der Waals surface area contributed by atoms with E-state index in [1.807, 2.05) is 41.0 Å². The Balaban J connectivity index is 1.22. The molecule has 1 amide bonds. The van der Waals surface area contributed by atoms with Crippen LogP contribution in [-0.4, -0.2) is 58.1 Å². The Kier molecular flexibility index (Phi) is 6.48. The highest BCUT2D eigenvalue weighted by molar-refractivity contribution is 5.93. The van der Waals surface area contributed by atoms with Crippen molar-refractivity contribution in [3.63, 3.8) is 0 Å². The molecule has 1 aliphatic carbocycles. The van der Waals surface area contributed by atoms with Gasteiger partial charge in [0.15, 0.2) is 5.65 Å². The van der Waals surface area contributed by atoms with Crippen molar-refractivity contribution in [2.24, 2.45) is 5.92 Å². The number of benzene rings is 2. The zero-order valence-corrected chi connectivity index (χ0v) is 24.1. The van der Waals surface area contributed by atoms with E-state index in [-0.39, 0.29) is 29.7 Å². The van der Waals surface area contributed by atoms with Gasteiger partial charge in [0.1, 0.15) is 11.5 Å². The number of carbonyl (C=O) groups excluding carboxylic acids is 2. The van der Waals surface area contributed by atoms with Crippen LogP contribution in [0.4, 0.5) is 10.1 Å². The SMILES string of the molecule is COC(=O)[C@H]1CCN(c2cc(C)c(-c3cc4nc(C(=O)N5CCc6ccccc6[C@H]5C)cc(C5CC5)n4n3)c(F)c2)C1. The highest BCUT2D eigenvalue weighted by Gasteiger charge is 2.33. The van der Waals surface area contributed by atoms with Crippen molar-refractivity contribution < 1.29 is 18.7 Å². The zero-order chi connectivity index (χ0) is 29.1. The third-order valence-corrected chi connectivity index (χ3v) is 9.14. The first-order valence-electron chi connectivity index (χ1n) is 14.7. The van der Waals surface area contributed by atoms with E-state index in [4.69, 9.17) is 14.8 Å². The smallest absolute Gasteiger partial charge is 0.310 e. The van der Waals surface area contributed by atoms with E-state index < -0.39 is 0 Å². The van der Waals surface area contributed by atoms with Crippen LogP contribution in [0.2, 0.25) is 0 Å². The Hall–Kier alpha value is -4.27. The number of methoxy groups -OCH3 is 1. The molecule has 0 unspecified atom stereocenters. The molecule has 0 spiro atoms. The molecule has 0 radical (unpaired) electrons. The lowest BCUT2D eigenvalue weighted by atomic mass is 9.93. The number of aromatic nitrogens is 3. The van der Waals surface area contributed by atoms with Gasteiger partial charge in [0.2, 0.25) is 0 Å². The summed E-state index contributed by atoms with van der Waals surface area (Å²) in [6, 6.07) is 15.4. The maximum absolute atomic E-state index is 15.7. The van der Waals surface area contributed by atoms with Crippen LogP contribution in [0.1, 0.15) is 71.0 Å². The Morgan fingerprint density at radius 1 is 1.05 bits per heavy atom. The van der Waals surface area contributed by atoms with Crippen molar-refractivity contribution >= 4 is 23.2 Å². The van der Waals surface area contributed by atoms with Crippen molar-refractivity contribution in [2.45, 2.75) is 51.5 Å². The van der Waals surface area contributed by atoms with Crippen LogP contribution in [0, 0.1) is 18.7 Å². The lowest BCUT2D eigenvalue weighted by Gasteiger charge is -2.35. The van der Waals surface area contributed by atoms with Crippen LogP contribution in [0.3, 0.4) is 0 Å². The number of esters is 1. The summed E-state index contributed by atoms with van der Waals surface area (Å²) in [5.74, 6) is -0.595. The van der Waals surface area contributed by atoms with Crippen LogP contribution >= 0.6 is 0 Å². The maximum Gasteiger partial charge on any atom is 0.310 e. The predicted molar refractivity (Wildman–Crippen MR) is 157 cm³/mol. The average molecular weight is 568 g/mol. The number of ether oxygens (including phenoxy) is 1. The molecule has 0 N–H and O–H groups in total. The Morgan fingerprint density at radius 2 is 1.86 bits per heavy atom. The first-order chi connectivity index (χ1) is 20.3. The summed E-state index contributed by atoms with van der Waals surface area (Å²) in [4.78, 5) is 34.5. The highest BCUT2D eigenvalue weighted by Crippen LogP contribution is 2.41. The largest absolute Gasteiger partial charge is 0.469 e. The van der Waals surface area contributed by atoms with E-state index in [0.717, 1.165) is 36.2 Å². The summed E-state index contributed by atoms with van der Waals surface area (Å²) < 4.78 is 22.4. The van der Waals surface area contributed by atoms with Gasteiger partial charge in [0, 0.05) is 48.6 Å². The van der Waals surface area contributed by atoms with Gasteiger partial charge in [-0.1, -0.05) is 24.3 Å². The number of carbonyl (C=O) groups is 2. The van der Waals surface area contributed by atoms with Crippen LogP contribution in [0.15, 0.2) is 48.5 Å². The maximum atomic E-state index is 15.7. The van der Waals surface area contributed by atoms with E-state index in [9.17, 15) is 9.59 Å². The topological polar surface area (TPSA) is 80.0 Å². The van der Waals surface area contributed by atoms with Crippen LogP contribution in [0.25, 0.3) is 16.9 Å². The molecule has 1 saturated carbocycles. The number of hydrogen-bond donors (Lipinski definition) is 0. The van der Waals surface area contributed by atoms with Crippen LogP contribution < -0.4 is 4.90 Å². The van der Waals surface area contributed by atoms with Gasteiger partial charge in [0.05, 0.1) is 24.8 Å². The molecule has 4 aromatic rings. The molecule has 2 aromatic carbocycles. The van der Waals surface area contributed by atoms with Gasteiger partial charge < -0.3 is 14.5 Å². The molecule has 2 atom stereocenters. The molecule has 216 valence electrons. The lowest BCUT2D eigenvalue weighted by molar-refractivity contribution is -0.144. The van der Waals surface area contributed by atoms with Gasteiger partial charge in [-0.25, -0.2) is 13.9 Å². The first kappa shape index (κ1) is 26.6. The van der Waals surface area contributed by atoms with Crippen molar-refractivity contribution in [1.29, 1.82) is 0 Å². The zero-order valence-electron chi connectivity index (χ0n) is 24.1. The van der Waals surface area contributed by atoms with Gasteiger partial charge in [0.25, 0.3) is 5.91 Å². The summed E-state index contributed by atoms with van der Waals surface area (Å²) >= 11 is 0. The van der Waals surface area contributed by atoms with E-state index in [1.165, 1.54) is 24.3 Å². The number of halogens is 1. The standard InChI is InChI=1S/C33H34FN5O3/c1-19-14-24(37-12-10-23(18-37)33(41)42-3)15-26(34)31(19)27-17-30-35-28(16-29(22-8-9-22)39(30)36-27)32(40)38-13-11-21-6-4-5-7-25(21)20(38)2/h4-7,14-17,20,22-23H,8-13,18H2,1-3H3/t20-,23+/m1/s1. The molecule has 9 heteroatoms. The minimum absolute atomic E-state index is 0.0425. The number of anilines is 1. The van der Waals surface area contributed by atoms with E-state index in [0.29, 0.717) is 54.6 Å². The van der Waals surface area contributed by atoms with Crippen LogP contribution in [-0.2, 0) is 16.0 Å². The summed E-state index contributed by atoms with van der Waals surface area (Å²) in [7, 11) is 1.40. The number of amides is 1. The number of hydrogen-bond acceptors (Lipinski definition) is 6. The molecule has 8 nitrogen and oxygen atoms in total. The minimum atomic E-state index is -0.375. The highest BCUT2D eigenvalue weighted by atomic mass is 19.1. The molecule has 7 rings (SSSR count). The van der Waals surface area contributed by atoms with Crippen molar-refractivity contribution in [3.8, 4) is 11.3 Å². The van der Waals surface area contributed by atoms with Crippen molar-refractivity contribution in [2.75, 3.05) is 31.6 Å². The number of rotatable bonds is 5. The van der Waals surface area contributed by atoms with Gasteiger partial charge in [-0.05, 0) is 74.4 Å². The van der Waals surface area contributed by atoms with Crippen molar-refractivity contribution in [1.82, 2.24) is 19.5 Å². The number of fused-ring (bicyclic) bond motifs is 2. The molecular formula is C33H34FN5O3. The Labute approximate surface area is 244 Å². The summed E-state index contributed by atoms with van der Waals surface area (Å²) in [6.07, 6.45) is 3.55. The van der Waals surface area contributed by atoms with Crippen LogP contribution in [0.5, 0.6) is 0 Å². The normalized spacial score (nSPS) is 20.2. The van der Waals surface area contributed by atoms with E-state index in [1.54, 1.807) is 10.6 Å². The lowest BCUT2D eigenvalue weighted by Crippen LogP contribution is -2.39. The molecule has 2 aromatic heterocycles. The number of aryl methyl sites for hydroxylation is 1. The molecule has 1 saturated heterocycles. The summed E-state index contributed by atoms with van der Waals surface area (Å²) in [5, 5.41) is 4.81. The van der Waals surface area contributed by atoms with Gasteiger partial charge in [-0.2, -0.15) is 5.10 Å². The monoisotopic (exact) mass is 567 g/mol. The van der Waals surface area contributed by atoms with Gasteiger partial charge in [-0.15, -0.1) is 0 Å². The summed E-state index contributed by atoms with van der Waals surface area (Å²) in [6.45, 7) is 5.76. The van der Waals surface area contributed by atoms with Gasteiger partial charge >= 0.3 is 5.97 Å². The predicted octanol–water partition coefficient (Wildman–Crippen LogP) is 5.48. The molecular weight excluding hydrogens is 533 g/mol. The third kappa shape index (κ3) is 4.51. The second kappa shape index (κ2) is 10.2. The molecule has 4 heterocycles. The molecule has 2 aliphatic heterocycles.